The Balaban J connectivity index is 1.19. The van der Waals surface area contributed by atoms with E-state index in [4.69, 9.17) is 15.2 Å². The number of alkyl halides is 1. The van der Waals surface area contributed by atoms with Gasteiger partial charge in [-0.3, -0.25) is 29.6 Å². The van der Waals surface area contributed by atoms with Gasteiger partial charge in [0.2, 0.25) is 0 Å². The Labute approximate surface area is 265 Å². The van der Waals surface area contributed by atoms with E-state index in [9.17, 15) is 29.4 Å². The number of esters is 1. The molecule has 0 aromatic heterocycles. The number of Topliss-reactive ketones (excluding diaryl/α,β-unsaturated/α-hetero) is 1. The summed E-state index contributed by atoms with van der Waals surface area (Å²) in [4.78, 5) is 55.5. The van der Waals surface area contributed by atoms with Gasteiger partial charge in [-0.05, 0) is 86.6 Å². The van der Waals surface area contributed by atoms with Gasteiger partial charge >= 0.3 is 5.97 Å². The highest BCUT2D eigenvalue weighted by atomic mass is 19.1. The summed E-state index contributed by atoms with van der Waals surface area (Å²) in [5.41, 5.74) is -2.23. The summed E-state index contributed by atoms with van der Waals surface area (Å²) < 4.78 is 22.5. The number of amides is 1. The summed E-state index contributed by atoms with van der Waals surface area (Å²) in [6, 6.07) is 4.77. The lowest BCUT2D eigenvalue weighted by molar-refractivity contribution is -0.492. The summed E-state index contributed by atoms with van der Waals surface area (Å²) in [6.07, 6.45) is 5.44. The molecule has 3 fully saturated rings. The molecule has 0 aliphatic heterocycles. The number of ketones is 2. The van der Waals surface area contributed by atoms with Crippen molar-refractivity contribution in [2.24, 2.45) is 28.6 Å². The third-order valence-corrected chi connectivity index (χ3v) is 11.0. The Morgan fingerprint density at radius 1 is 1.11 bits per heavy atom. The minimum atomic E-state index is -1.99. The molecule has 4 unspecified atom stereocenters. The number of fused-ring (bicyclic) bond motifs is 5. The number of hydrogen-bond donors (Lipinski definition) is 5. The van der Waals surface area contributed by atoms with Crippen LogP contribution in [0.3, 0.4) is 0 Å². The van der Waals surface area contributed by atoms with E-state index < -0.39 is 71.0 Å². The minimum absolute atomic E-state index is 0.0210. The zero-order chi connectivity index (χ0) is 33.4. The first-order valence-corrected chi connectivity index (χ1v) is 15.6. The molecule has 0 saturated heterocycles. The average Bonchev–Trinajstić information content (AvgIpc) is 3.36. The summed E-state index contributed by atoms with van der Waals surface area (Å²) in [5.74, 6) is -3.50. The van der Waals surface area contributed by atoms with E-state index in [1.165, 1.54) is 24.3 Å². The number of benzene rings is 1. The van der Waals surface area contributed by atoms with Gasteiger partial charge in [-0.15, -0.1) is 0 Å². The molecule has 13 heteroatoms. The van der Waals surface area contributed by atoms with Crippen LogP contribution in [-0.4, -0.2) is 87.1 Å². The number of rotatable bonds is 11. The summed E-state index contributed by atoms with van der Waals surface area (Å²) >= 11 is 0. The third-order valence-electron chi connectivity index (χ3n) is 11.0. The van der Waals surface area contributed by atoms with Gasteiger partial charge in [0.05, 0.1) is 24.7 Å². The van der Waals surface area contributed by atoms with Crippen molar-refractivity contribution in [3.63, 3.8) is 0 Å². The van der Waals surface area contributed by atoms with Crippen LogP contribution >= 0.6 is 0 Å². The minimum Gasteiger partial charge on any atom is -0.456 e. The molecule has 5 N–H and O–H groups in total. The lowest BCUT2D eigenvalue weighted by Gasteiger charge is -2.62. The second kappa shape index (κ2) is 13.1. The second-order valence-corrected chi connectivity index (χ2v) is 13.3. The predicted octanol–water partition coefficient (Wildman–Crippen LogP) is 2.43. The van der Waals surface area contributed by atoms with Crippen LogP contribution in [0.1, 0.15) is 61.9 Å². The van der Waals surface area contributed by atoms with Crippen LogP contribution < -0.4 is 5.32 Å². The highest BCUT2D eigenvalue weighted by Gasteiger charge is 2.70. The summed E-state index contributed by atoms with van der Waals surface area (Å²) in [5, 5.41) is 40.4. The molecule has 4 aliphatic carbocycles. The summed E-state index contributed by atoms with van der Waals surface area (Å²) in [6.45, 7) is 2.26. The molecule has 0 bridgehead atoms. The molecular formula is C33H41FN2O10. The van der Waals surface area contributed by atoms with Gasteiger partial charge in [0.1, 0.15) is 6.61 Å². The van der Waals surface area contributed by atoms with Gasteiger partial charge in [-0.2, -0.15) is 0 Å². The number of allylic oxidation sites excluding steroid dienone is 4. The number of nitrogens with zero attached hydrogens (tertiary/aromatic N) is 1. The standard InChI is InChI=1S/C33H41FN2O10/c1-31-16-28(40)33(34)24(8-7-21-15-22(38)11-13-32(21,33)2)23(31)9-10-25(31)27(39)18-45-30(42)26(17-37)35-29(41)20-5-3-19(4-6-20)12-14-46-36(43)44/h3-6,11,13,15,23-26,28,37,40,43-44H,7-10,12,14,16-18H2,1-2H3,(H,35,41)/t23?,24-,25?,26?,28-,31-,32-,33?/m0/s1. The van der Waals surface area contributed by atoms with Crippen LogP contribution in [-0.2, 0) is 30.4 Å². The smallest absolute Gasteiger partial charge is 0.331 e. The van der Waals surface area contributed by atoms with E-state index in [2.05, 4.69) is 10.2 Å². The van der Waals surface area contributed by atoms with Gasteiger partial charge in [0, 0.05) is 22.8 Å². The van der Waals surface area contributed by atoms with Gasteiger partial charge in [0.25, 0.3) is 5.91 Å². The van der Waals surface area contributed by atoms with Crippen molar-refractivity contribution in [2.45, 2.75) is 70.2 Å². The fourth-order valence-electron chi connectivity index (χ4n) is 8.57. The van der Waals surface area contributed by atoms with Gasteiger partial charge in [-0.25, -0.2) is 9.18 Å². The molecule has 3 saturated carbocycles. The largest absolute Gasteiger partial charge is 0.456 e. The van der Waals surface area contributed by atoms with Gasteiger partial charge in [-0.1, -0.05) is 30.7 Å². The first-order valence-electron chi connectivity index (χ1n) is 15.6. The Morgan fingerprint density at radius 2 is 1.83 bits per heavy atom. The molecule has 0 heterocycles. The van der Waals surface area contributed by atoms with E-state index in [0.717, 1.165) is 5.56 Å². The molecule has 12 nitrogen and oxygen atoms in total. The van der Waals surface area contributed by atoms with E-state index in [1.54, 1.807) is 25.1 Å². The molecule has 8 atom stereocenters. The number of aliphatic hydroxyl groups is 2. The number of aliphatic hydroxyl groups excluding tert-OH is 2. The molecule has 1 amide bonds. The Bertz CT molecular complexity index is 1430. The van der Waals surface area contributed by atoms with Crippen molar-refractivity contribution in [1.82, 2.24) is 10.7 Å². The van der Waals surface area contributed by atoms with Crippen molar-refractivity contribution < 1.29 is 53.8 Å². The zero-order valence-electron chi connectivity index (χ0n) is 25.9. The fourth-order valence-corrected chi connectivity index (χ4v) is 8.57. The van der Waals surface area contributed by atoms with E-state index in [0.29, 0.717) is 37.7 Å². The Hall–Kier alpha value is -3.33. The van der Waals surface area contributed by atoms with Crippen LogP contribution in [0.25, 0.3) is 0 Å². The van der Waals surface area contributed by atoms with Crippen molar-refractivity contribution in [1.29, 1.82) is 0 Å². The molecule has 0 radical (unpaired) electrons. The van der Waals surface area contributed by atoms with Crippen LogP contribution in [0.4, 0.5) is 4.39 Å². The van der Waals surface area contributed by atoms with Crippen molar-refractivity contribution >= 4 is 23.4 Å². The van der Waals surface area contributed by atoms with Crippen LogP contribution in [0.15, 0.2) is 48.1 Å². The van der Waals surface area contributed by atoms with Gasteiger partial charge in [0.15, 0.2) is 23.3 Å². The molecule has 0 spiro atoms. The second-order valence-electron chi connectivity index (χ2n) is 13.3. The number of nitrogens with one attached hydrogen (secondary N) is 1. The maximum absolute atomic E-state index is 17.2. The molecule has 250 valence electrons. The van der Waals surface area contributed by atoms with E-state index in [-0.39, 0.29) is 36.1 Å². The highest BCUT2D eigenvalue weighted by Crippen LogP contribution is 2.68. The lowest BCUT2D eigenvalue weighted by atomic mass is 9.45. The highest BCUT2D eigenvalue weighted by molar-refractivity contribution is 6.01. The quantitative estimate of drug-likeness (QED) is 0.176. The third kappa shape index (κ3) is 5.96. The predicted molar refractivity (Wildman–Crippen MR) is 158 cm³/mol. The van der Waals surface area contributed by atoms with Crippen LogP contribution in [0.5, 0.6) is 0 Å². The van der Waals surface area contributed by atoms with E-state index in [1.807, 2.05) is 6.92 Å². The number of carbonyl (C=O) groups excluding carboxylic acids is 4. The number of ether oxygens (including phenoxy) is 1. The molecule has 1 aromatic rings. The average molecular weight is 645 g/mol. The zero-order valence-corrected chi connectivity index (χ0v) is 25.9. The maximum Gasteiger partial charge on any atom is 0.331 e. The fraction of sp³-hybridized carbons (Fsp3) is 0.576. The van der Waals surface area contributed by atoms with Crippen molar-refractivity contribution in [2.75, 3.05) is 19.8 Å². The monoisotopic (exact) mass is 644 g/mol. The first kappa shape index (κ1) is 34.0. The van der Waals surface area contributed by atoms with Crippen molar-refractivity contribution in [3.05, 3.63) is 59.2 Å². The SMILES string of the molecule is C[C@]12C[C@H](O)C3(F)[C@@H](CCC4=CC(=O)C=C[C@@]43C)C1CCC2C(=O)COC(=O)C(CO)NC(=O)c1ccc(CCON(O)O)cc1. The summed E-state index contributed by atoms with van der Waals surface area (Å²) in [7, 11) is 0. The number of carbonyl (C=O) groups is 4. The number of halogens is 1. The van der Waals surface area contributed by atoms with Gasteiger partial charge < -0.3 is 20.3 Å². The maximum atomic E-state index is 17.2. The van der Waals surface area contributed by atoms with Crippen LogP contribution in [0.2, 0.25) is 0 Å². The molecule has 46 heavy (non-hydrogen) atoms. The lowest BCUT2D eigenvalue weighted by Crippen LogP contribution is -2.66. The van der Waals surface area contributed by atoms with Crippen LogP contribution in [0, 0.1) is 28.6 Å². The Morgan fingerprint density at radius 3 is 2.50 bits per heavy atom. The molecule has 5 rings (SSSR count). The topological polar surface area (TPSA) is 183 Å². The van der Waals surface area contributed by atoms with E-state index >= 15 is 4.39 Å². The Kier molecular flexibility index (Phi) is 9.65. The normalized spacial score (nSPS) is 33.8. The molecular weight excluding hydrogens is 603 g/mol. The van der Waals surface area contributed by atoms with Crippen molar-refractivity contribution in [3.8, 4) is 0 Å². The molecule has 4 aliphatic rings. The molecule has 1 aromatic carbocycles. The first-order chi connectivity index (χ1) is 21.7. The number of hydrogen-bond acceptors (Lipinski definition) is 11.